The molecule has 2 N–H and O–H groups in total. The summed E-state index contributed by atoms with van der Waals surface area (Å²) in [6.07, 6.45) is 0. The van der Waals surface area contributed by atoms with Crippen LogP contribution in [0.4, 0.5) is 0 Å². The number of imidazole rings is 1. The van der Waals surface area contributed by atoms with Gasteiger partial charge < -0.3 is 9.88 Å². The van der Waals surface area contributed by atoms with Crippen LogP contribution in [0.15, 0.2) is 41.3 Å². The van der Waals surface area contributed by atoms with Crippen molar-refractivity contribution in [2.75, 3.05) is 14.1 Å². The highest BCUT2D eigenvalue weighted by Crippen LogP contribution is 2.22. The largest absolute Gasteiger partial charge is 0.340 e. The molecule has 0 radical (unpaired) electrons. The average Bonchev–Trinajstić information content (AvgIpc) is 3.05. The molecular formula is C19H22N4O3S. The zero-order chi connectivity index (χ0) is 19.8. The fraction of sp³-hybridized carbons (Fsp3) is 0.263. The minimum absolute atomic E-state index is 0.116. The molecule has 3 rings (SSSR count). The molecule has 0 fully saturated rings. The minimum atomic E-state index is -3.65. The molecule has 0 saturated heterocycles. The molecule has 142 valence electrons. The van der Waals surface area contributed by atoms with Gasteiger partial charge in [0.2, 0.25) is 10.0 Å². The Hall–Kier alpha value is -2.71. The van der Waals surface area contributed by atoms with E-state index in [1.165, 1.54) is 18.0 Å². The molecule has 3 aromatic rings. The van der Waals surface area contributed by atoms with Crippen molar-refractivity contribution in [3.05, 3.63) is 58.9 Å². The fourth-order valence-corrected chi connectivity index (χ4v) is 4.00. The van der Waals surface area contributed by atoms with E-state index in [2.05, 4.69) is 14.7 Å². The van der Waals surface area contributed by atoms with Crippen molar-refractivity contribution in [2.24, 2.45) is 0 Å². The molecule has 0 saturated carbocycles. The highest BCUT2D eigenvalue weighted by atomic mass is 32.2. The third-order valence-electron chi connectivity index (χ3n) is 4.60. The first-order valence-corrected chi connectivity index (χ1v) is 9.95. The topological polar surface area (TPSA) is 95.2 Å². The van der Waals surface area contributed by atoms with Gasteiger partial charge in [-0.05, 0) is 56.3 Å². The van der Waals surface area contributed by atoms with Crippen LogP contribution in [0.2, 0.25) is 0 Å². The number of benzene rings is 2. The van der Waals surface area contributed by atoms with Crippen LogP contribution in [0.25, 0.3) is 11.0 Å². The van der Waals surface area contributed by atoms with Crippen LogP contribution in [0.1, 0.15) is 27.3 Å². The lowest BCUT2D eigenvalue weighted by molar-refractivity contribution is 0.0781. The van der Waals surface area contributed by atoms with Crippen LogP contribution >= 0.6 is 0 Å². The fourth-order valence-electron chi connectivity index (χ4n) is 2.94. The Labute approximate surface area is 158 Å². The second kappa shape index (κ2) is 7.13. The summed E-state index contributed by atoms with van der Waals surface area (Å²) in [6.45, 7) is 3.81. The number of rotatable bonds is 5. The SMILES string of the molecule is CNS(=O)(=O)c1cc(C(=O)N(C)Cc2nc3ccccc3[nH]2)cc(C)c1C. The Kier molecular flexibility index (Phi) is 5.03. The van der Waals surface area contributed by atoms with Crippen molar-refractivity contribution >= 4 is 27.0 Å². The molecule has 0 spiro atoms. The number of carbonyl (C=O) groups excluding carboxylic acids is 1. The molecule has 0 unspecified atom stereocenters. The molecule has 0 bridgehead atoms. The van der Waals surface area contributed by atoms with Gasteiger partial charge in [-0.3, -0.25) is 4.79 Å². The monoisotopic (exact) mass is 386 g/mol. The molecule has 0 aliphatic heterocycles. The predicted octanol–water partition coefficient (Wildman–Crippen LogP) is 2.36. The second-order valence-corrected chi connectivity index (χ2v) is 8.34. The molecule has 0 aliphatic rings. The third kappa shape index (κ3) is 3.72. The van der Waals surface area contributed by atoms with Gasteiger partial charge in [0.15, 0.2) is 0 Å². The lowest BCUT2D eigenvalue weighted by Gasteiger charge is -2.18. The van der Waals surface area contributed by atoms with Gasteiger partial charge >= 0.3 is 0 Å². The molecule has 0 atom stereocenters. The molecule has 2 aromatic carbocycles. The van der Waals surface area contributed by atoms with Crippen molar-refractivity contribution in [3.63, 3.8) is 0 Å². The summed E-state index contributed by atoms with van der Waals surface area (Å²) in [4.78, 5) is 22.2. The first-order chi connectivity index (χ1) is 12.7. The van der Waals surface area contributed by atoms with Gasteiger partial charge in [0, 0.05) is 12.6 Å². The van der Waals surface area contributed by atoms with Gasteiger partial charge in [-0.25, -0.2) is 18.1 Å². The summed E-state index contributed by atoms with van der Waals surface area (Å²) in [7, 11) is -0.631. The van der Waals surface area contributed by atoms with Crippen molar-refractivity contribution < 1.29 is 13.2 Å². The summed E-state index contributed by atoms with van der Waals surface area (Å²) < 4.78 is 26.8. The Balaban J connectivity index is 1.90. The summed E-state index contributed by atoms with van der Waals surface area (Å²) in [6, 6.07) is 10.8. The number of nitrogens with zero attached hydrogens (tertiary/aromatic N) is 2. The van der Waals surface area contributed by atoms with Crippen LogP contribution < -0.4 is 4.72 Å². The summed E-state index contributed by atoms with van der Waals surface area (Å²) in [5.41, 5.74) is 3.43. The number of aromatic amines is 1. The number of hydrogen-bond acceptors (Lipinski definition) is 4. The number of aryl methyl sites for hydroxylation is 1. The number of carbonyl (C=O) groups is 1. The minimum Gasteiger partial charge on any atom is -0.340 e. The first-order valence-electron chi connectivity index (χ1n) is 8.47. The lowest BCUT2D eigenvalue weighted by Crippen LogP contribution is -2.27. The van der Waals surface area contributed by atoms with Crippen molar-refractivity contribution in [3.8, 4) is 0 Å². The van der Waals surface area contributed by atoms with Crippen molar-refractivity contribution in [2.45, 2.75) is 25.3 Å². The average molecular weight is 386 g/mol. The van der Waals surface area contributed by atoms with Crippen LogP contribution in [0, 0.1) is 13.8 Å². The summed E-state index contributed by atoms with van der Waals surface area (Å²) >= 11 is 0. The number of para-hydroxylation sites is 2. The van der Waals surface area contributed by atoms with E-state index >= 15 is 0 Å². The van der Waals surface area contributed by atoms with E-state index in [-0.39, 0.29) is 17.3 Å². The Morgan fingerprint density at radius 1 is 1.22 bits per heavy atom. The predicted molar refractivity (Wildman–Crippen MR) is 104 cm³/mol. The molecule has 7 nitrogen and oxygen atoms in total. The highest BCUT2D eigenvalue weighted by Gasteiger charge is 2.21. The molecule has 8 heteroatoms. The molecule has 27 heavy (non-hydrogen) atoms. The number of aromatic nitrogens is 2. The maximum atomic E-state index is 12.9. The zero-order valence-electron chi connectivity index (χ0n) is 15.7. The quantitative estimate of drug-likeness (QED) is 0.704. The van der Waals surface area contributed by atoms with Gasteiger partial charge in [-0.2, -0.15) is 0 Å². The summed E-state index contributed by atoms with van der Waals surface area (Å²) in [5, 5.41) is 0. The zero-order valence-corrected chi connectivity index (χ0v) is 16.5. The lowest BCUT2D eigenvalue weighted by atomic mass is 10.1. The molecule has 0 aliphatic carbocycles. The Bertz CT molecular complexity index is 1090. The highest BCUT2D eigenvalue weighted by molar-refractivity contribution is 7.89. The third-order valence-corrected chi connectivity index (χ3v) is 6.14. The van der Waals surface area contributed by atoms with Crippen LogP contribution in [-0.2, 0) is 16.6 Å². The molecule has 1 heterocycles. The number of sulfonamides is 1. The number of nitrogens with one attached hydrogen (secondary N) is 2. The maximum absolute atomic E-state index is 12.9. The van der Waals surface area contributed by atoms with E-state index in [4.69, 9.17) is 0 Å². The van der Waals surface area contributed by atoms with E-state index in [1.807, 2.05) is 24.3 Å². The maximum Gasteiger partial charge on any atom is 0.254 e. The van der Waals surface area contributed by atoms with Gasteiger partial charge in [0.05, 0.1) is 22.5 Å². The first kappa shape index (κ1) is 19.1. The molecular weight excluding hydrogens is 364 g/mol. The van der Waals surface area contributed by atoms with E-state index < -0.39 is 10.0 Å². The van der Waals surface area contributed by atoms with Crippen LogP contribution in [0.3, 0.4) is 0 Å². The van der Waals surface area contributed by atoms with E-state index in [9.17, 15) is 13.2 Å². The second-order valence-electron chi connectivity index (χ2n) is 6.49. The molecule has 1 amide bonds. The van der Waals surface area contributed by atoms with Gasteiger partial charge in [0.1, 0.15) is 5.82 Å². The number of H-pyrrole nitrogens is 1. The van der Waals surface area contributed by atoms with Gasteiger partial charge in [0.25, 0.3) is 5.91 Å². The smallest absolute Gasteiger partial charge is 0.254 e. The van der Waals surface area contributed by atoms with E-state index in [1.54, 1.807) is 27.0 Å². The Morgan fingerprint density at radius 3 is 2.59 bits per heavy atom. The van der Waals surface area contributed by atoms with E-state index in [0.717, 1.165) is 16.6 Å². The number of hydrogen-bond donors (Lipinski definition) is 2. The number of fused-ring (bicyclic) bond motifs is 1. The van der Waals surface area contributed by atoms with Crippen molar-refractivity contribution in [1.82, 2.24) is 19.6 Å². The van der Waals surface area contributed by atoms with Crippen molar-refractivity contribution in [1.29, 1.82) is 0 Å². The number of amides is 1. The van der Waals surface area contributed by atoms with Crippen LogP contribution in [-0.4, -0.2) is 43.3 Å². The standard InChI is InChI=1S/C19H22N4O3S/c1-12-9-14(10-17(13(12)2)27(25,26)20-3)19(24)23(4)11-18-21-15-7-5-6-8-16(15)22-18/h5-10,20H,11H2,1-4H3,(H,21,22). The van der Waals surface area contributed by atoms with E-state index in [0.29, 0.717) is 17.0 Å². The van der Waals surface area contributed by atoms with Crippen LogP contribution in [0.5, 0.6) is 0 Å². The van der Waals surface area contributed by atoms with Gasteiger partial charge in [-0.15, -0.1) is 0 Å². The normalized spacial score (nSPS) is 11.7. The Morgan fingerprint density at radius 2 is 1.93 bits per heavy atom. The molecule has 1 aromatic heterocycles. The summed E-state index contributed by atoms with van der Waals surface area (Å²) in [5.74, 6) is 0.394. The van der Waals surface area contributed by atoms with Gasteiger partial charge in [-0.1, -0.05) is 12.1 Å².